The molecule has 0 spiro atoms. The molecule has 6 nitrogen and oxygen atoms in total. The van der Waals surface area contributed by atoms with Crippen LogP contribution in [0.4, 0.5) is 0 Å². The number of carboxylic acid groups (broad SMARTS) is 1. The Morgan fingerprint density at radius 2 is 2.00 bits per heavy atom. The van der Waals surface area contributed by atoms with Gasteiger partial charge in [0.15, 0.2) is 0 Å². The first-order valence-electron chi connectivity index (χ1n) is 7.73. The Labute approximate surface area is 138 Å². The normalized spacial score (nSPS) is 15.8. The molecule has 1 N–H and O–H groups in total. The van der Waals surface area contributed by atoms with E-state index >= 15 is 0 Å². The number of amides is 1. The predicted octanol–water partition coefficient (Wildman–Crippen LogP) is 2.68. The van der Waals surface area contributed by atoms with Crippen LogP contribution in [-0.4, -0.2) is 44.5 Å². The molecule has 0 bridgehead atoms. The van der Waals surface area contributed by atoms with Crippen LogP contribution in [0.1, 0.15) is 50.9 Å². The highest BCUT2D eigenvalue weighted by atomic mass is 32.1. The van der Waals surface area contributed by atoms with Crippen LogP contribution in [0.25, 0.3) is 0 Å². The lowest BCUT2D eigenvalue weighted by Crippen LogP contribution is -2.38. The van der Waals surface area contributed by atoms with Crippen molar-refractivity contribution in [1.29, 1.82) is 0 Å². The third-order valence-corrected chi connectivity index (χ3v) is 5.32. The highest BCUT2D eigenvalue weighted by molar-refractivity contribution is 7.15. The van der Waals surface area contributed by atoms with Gasteiger partial charge in [-0.1, -0.05) is 0 Å². The second kappa shape index (κ2) is 6.54. The van der Waals surface area contributed by atoms with E-state index in [2.05, 4.69) is 16.5 Å². The monoisotopic (exact) mass is 333 g/mol. The van der Waals surface area contributed by atoms with Gasteiger partial charge >= 0.3 is 5.97 Å². The first-order chi connectivity index (χ1) is 11.1. The van der Waals surface area contributed by atoms with Gasteiger partial charge in [0.25, 0.3) is 5.91 Å². The molecule has 0 radical (unpaired) electrons. The summed E-state index contributed by atoms with van der Waals surface area (Å²) in [5.41, 5.74) is 0. The lowest BCUT2D eigenvalue weighted by molar-refractivity contribution is 0.0699. The summed E-state index contributed by atoms with van der Waals surface area (Å²) < 4.78 is 2.15. The molecule has 1 aliphatic rings. The molecule has 1 aliphatic heterocycles. The number of hydrogen-bond donors (Lipinski definition) is 1. The lowest BCUT2D eigenvalue weighted by Gasteiger charge is -2.31. The number of likely N-dealkylation sites (tertiary alicyclic amines) is 1. The van der Waals surface area contributed by atoms with Crippen molar-refractivity contribution < 1.29 is 14.7 Å². The summed E-state index contributed by atoms with van der Waals surface area (Å²) in [4.78, 5) is 30.4. The standard InChI is InChI=1S/C16H19N3O3S/c1-2-18-10-7-17-14(18)11-5-8-19(9-6-11)15(20)12-3-4-13(23-12)16(21)22/h3-4,7,10-11H,2,5-6,8-9H2,1H3,(H,21,22). The number of hydrogen-bond acceptors (Lipinski definition) is 4. The molecule has 1 saturated heterocycles. The number of nitrogens with zero attached hydrogens (tertiary/aromatic N) is 3. The van der Waals surface area contributed by atoms with E-state index in [-0.39, 0.29) is 10.8 Å². The molecule has 0 saturated carbocycles. The van der Waals surface area contributed by atoms with Crippen molar-refractivity contribution in [2.24, 2.45) is 0 Å². The molecule has 0 aromatic carbocycles. The molecule has 2 aromatic rings. The number of aromatic nitrogens is 2. The molecule has 0 aliphatic carbocycles. The number of aryl methyl sites for hydroxylation is 1. The van der Waals surface area contributed by atoms with Crippen molar-refractivity contribution in [3.8, 4) is 0 Å². The van der Waals surface area contributed by atoms with Crippen LogP contribution in [0, 0.1) is 0 Å². The Morgan fingerprint density at radius 1 is 1.30 bits per heavy atom. The van der Waals surface area contributed by atoms with Crippen LogP contribution in [-0.2, 0) is 6.54 Å². The molecule has 7 heteroatoms. The zero-order chi connectivity index (χ0) is 16.4. The molecule has 2 aromatic heterocycles. The van der Waals surface area contributed by atoms with Gasteiger partial charge in [-0.25, -0.2) is 9.78 Å². The number of rotatable bonds is 4. The van der Waals surface area contributed by atoms with Gasteiger partial charge in [-0.2, -0.15) is 0 Å². The van der Waals surface area contributed by atoms with Crippen molar-refractivity contribution in [2.45, 2.75) is 32.2 Å². The molecule has 3 heterocycles. The van der Waals surface area contributed by atoms with E-state index in [1.807, 2.05) is 17.3 Å². The Bertz CT molecular complexity index is 714. The molecule has 1 fully saturated rings. The second-order valence-electron chi connectivity index (χ2n) is 5.61. The summed E-state index contributed by atoms with van der Waals surface area (Å²) >= 11 is 1.04. The van der Waals surface area contributed by atoms with Crippen molar-refractivity contribution in [3.63, 3.8) is 0 Å². The van der Waals surface area contributed by atoms with Crippen LogP contribution in [0.5, 0.6) is 0 Å². The summed E-state index contributed by atoms with van der Waals surface area (Å²) in [6.07, 6.45) is 5.60. The fraction of sp³-hybridized carbons (Fsp3) is 0.438. The largest absolute Gasteiger partial charge is 0.477 e. The van der Waals surface area contributed by atoms with E-state index < -0.39 is 5.97 Å². The van der Waals surface area contributed by atoms with Crippen LogP contribution < -0.4 is 0 Å². The minimum absolute atomic E-state index is 0.0696. The predicted molar refractivity (Wildman–Crippen MR) is 87.1 cm³/mol. The van der Waals surface area contributed by atoms with Crippen LogP contribution in [0.3, 0.4) is 0 Å². The van der Waals surface area contributed by atoms with Crippen LogP contribution >= 0.6 is 11.3 Å². The molecule has 122 valence electrons. The smallest absolute Gasteiger partial charge is 0.345 e. The summed E-state index contributed by atoms with van der Waals surface area (Å²) in [6.45, 7) is 4.36. The van der Waals surface area contributed by atoms with E-state index in [1.54, 1.807) is 6.07 Å². The van der Waals surface area contributed by atoms with Gasteiger partial charge in [0, 0.05) is 37.9 Å². The Hall–Kier alpha value is -2.15. The van der Waals surface area contributed by atoms with Crippen molar-refractivity contribution in [1.82, 2.24) is 14.5 Å². The SMILES string of the molecule is CCn1ccnc1C1CCN(C(=O)c2ccc(C(=O)O)s2)CC1. The molecular formula is C16H19N3O3S. The number of piperidine rings is 1. The van der Waals surface area contributed by atoms with Gasteiger partial charge in [-0.05, 0) is 31.9 Å². The van der Waals surface area contributed by atoms with Gasteiger partial charge in [-0.3, -0.25) is 4.79 Å². The number of carbonyl (C=O) groups is 2. The minimum atomic E-state index is -0.987. The number of imidazole rings is 1. The van der Waals surface area contributed by atoms with E-state index in [0.29, 0.717) is 23.9 Å². The molecular weight excluding hydrogens is 314 g/mol. The van der Waals surface area contributed by atoms with Gasteiger partial charge < -0.3 is 14.6 Å². The van der Waals surface area contributed by atoms with E-state index in [1.165, 1.54) is 6.07 Å². The van der Waals surface area contributed by atoms with Crippen molar-refractivity contribution in [3.05, 3.63) is 40.1 Å². The van der Waals surface area contributed by atoms with Crippen molar-refractivity contribution in [2.75, 3.05) is 13.1 Å². The lowest BCUT2D eigenvalue weighted by atomic mass is 9.95. The van der Waals surface area contributed by atoms with Crippen molar-refractivity contribution >= 4 is 23.2 Å². The minimum Gasteiger partial charge on any atom is -0.477 e. The average Bonchev–Trinajstić information content (AvgIpc) is 3.23. The fourth-order valence-electron chi connectivity index (χ4n) is 3.01. The van der Waals surface area contributed by atoms with E-state index in [9.17, 15) is 9.59 Å². The van der Waals surface area contributed by atoms with Crippen LogP contribution in [0.15, 0.2) is 24.5 Å². The van der Waals surface area contributed by atoms with Gasteiger partial charge in [0.1, 0.15) is 10.7 Å². The Morgan fingerprint density at radius 3 is 2.61 bits per heavy atom. The Balaban J connectivity index is 1.64. The van der Waals surface area contributed by atoms with Crippen LogP contribution in [0.2, 0.25) is 0 Å². The first kappa shape index (κ1) is 15.7. The first-order valence-corrected chi connectivity index (χ1v) is 8.55. The van der Waals surface area contributed by atoms with E-state index in [4.69, 9.17) is 5.11 Å². The third-order valence-electron chi connectivity index (χ3n) is 4.26. The molecule has 0 unspecified atom stereocenters. The third kappa shape index (κ3) is 3.14. The van der Waals surface area contributed by atoms with Gasteiger partial charge in [-0.15, -0.1) is 11.3 Å². The maximum atomic E-state index is 12.5. The Kier molecular flexibility index (Phi) is 4.47. The second-order valence-corrected chi connectivity index (χ2v) is 6.69. The fourth-order valence-corrected chi connectivity index (χ4v) is 3.83. The number of aromatic carboxylic acids is 1. The summed E-state index contributed by atoms with van der Waals surface area (Å²) in [7, 11) is 0. The quantitative estimate of drug-likeness (QED) is 0.933. The number of carboxylic acids is 1. The van der Waals surface area contributed by atoms with E-state index in [0.717, 1.165) is 36.5 Å². The highest BCUT2D eigenvalue weighted by Gasteiger charge is 2.27. The maximum Gasteiger partial charge on any atom is 0.345 e. The van der Waals surface area contributed by atoms with Gasteiger partial charge in [0.2, 0.25) is 0 Å². The maximum absolute atomic E-state index is 12.5. The molecule has 3 rings (SSSR count). The zero-order valence-electron chi connectivity index (χ0n) is 12.9. The number of carbonyl (C=O) groups excluding carboxylic acids is 1. The number of thiophene rings is 1. The molecule has 23 heavy (non-hydrogen) atoms. The summed E-state index contributed by atoms with van der Waals surface area (Å²) in [5, 5.41) is 8.96. The highest BCUT2D eigenvalue weighted by Crippen LogP contribution is 2.28. The molecule has 0 atom stereocenters. The average molecular weight is 333 g/mol. The molecule has 1 amide bonds. The topological polar surface area (TPSA) is 75.4 Å². The summed E-state index contributed by atoms with van der Waals surface area (Å²) in [5.74, 6) is 0.426. The van der Waals surface area contributed by atoms with Gasteiger partial charge in [0.05, 0.1) is 4.88 Å². The summed E-state index contributed by atoms with van der Waals surface area (Å²) in [6, 6.07) is 3.09. The zero-order valence-corrected chi connectivity index (χ0v) is 13.8.